The Labute approximate surface area is 170 Å². The van der Waals surface area contributed by atoms with Crippen molar-refractivity contribution in [2.45, 2.75) is 24.6 Å². The average molecular weight is 459 g/mol. The minimum atomic E-state index is -4.40. The zero-order valence-electron chi connectivity index (χ0n) is 14.6. The lowest BCUT2D eigenvalue weighted by atomic mass is 10.2. The number of carbonyl (C=O) groups excluding carboxylic acids is 1. The Morgan fingerprint density at radius 1 is 1.21 bits per heavy atom. The molecule has 1 amide bonds. The van der Waals surface area contributed by atoms with Crippen LogP contribution in [0.15, 0.2) is 18.3 Å². The lowest BCUT2D eigenvalue weighted by Gasteiger charge is -2.19. The Hall–Kier alpha value is -2.05. The van der Waals surface area contributed by atoms with Crippen LogP contribution in [0.3, 0.4) is 0 Å². The van der Waals surface area contributed by atoms with Gasteiger partial charge in [0.05, 0.1) is 10.7 Å². The number of rotatable bonds is 6. The molecule has 0 aliphatic heterocycles. The molecule has 0 radical (unpaired) electrons. The number of hydrogen-bond donors (Lipinski definition) is 3. The zero-order chi connectivity index (χ0) is 21.6. The number of aromatic nitrogens is 1. The van der Waals surface area contributed by atoms with Crippen molar-refractivity contribution in [1.82, 2.24) is 9.29 Å². The molecule has 1 aliphatic carbocycles. The Balaban J connectivity index is 1.70. The normalized spacial score (nSPS) is 15.3. The fraction of sp³-hybridized carbons (Fsp3) is 0.312. The maximum absolute atomic E-state index is 13.3. The molecule has 1 saturated carbocycles. The summed E-state index contributed by atoms with van der Waals surface area (Å²) < 4.78 is 84.4. The molecule has 5 nitrogen and oxygen atoms in total. The molecule has 3 rings (SSSR count). The van der Waals surface area contributed by atoms with Crippen molar-refractivity contribution in [3.05, 3.63) is 46.5 Å². The largest absolute Gasteiger partial charge is 0.407 e. The third-order valence-electron chi connectivity index (χ3n) is 4.28. The van der Waals surface area contributed by atoms with E-state index in [1.54, 1.807) is 0 Å². The highest BCUT2D eigenvalue weighted by molar-refractivity contribution is 7.98. The minimum absolute atomic E-state index is 0.0495. The number of amides is 1. The Morgan fingerprint density at radius 3 is 2.31 bits per heavy atom. The molecule has 1 fully saturated rings. The molecular weight excluding hydrogens is 446 g/mol. The van der Waals surface area contributed by atoms with E-state index in [4.69, 9.17) is 11.6 Å². The van der Waals surface area contributed by atoms with Gasteiger partial charge >= 0.3 is 6.18 Å². The van der Waals surface area contributed by atoms with Gasteiger partial charge in [0.25, 0.3) is 5.91 Å². The SMILES string of the molecule is Cn1cc(NSNC2(C(F)(F)F)CC2)c(Cl)c1C(=O)Nc1cc(F)c(F)c(F)c1. The second-order valence-electron chi connectivity index (χ2n) is 6.41. The van der Waals surface area contributed by atoms with Crippen molar-refractivity contribution >= 4 is 41.0 Å². The fourth-order valence-electron chi connectivity index (χ4n) is 2.49. The van der Waals surface area contributed by atoms with Gasteiger partial charge in [0.15, 0.2) is 17.5 Å². The van der Waals surface area contributed by atoms with Crippen molar-refractivity contribution in [2.75, 3.05) is 10.0 Å². The van der Waals surface area contributed by atoms with Gasteiger partial charge < -0.3 is 14.6 Å². The first-order valence-corrected chi connectivity index (χ1v) is 9.21. The maximum atomic E-state index is 13.3. The molecule has 158 valence electrons. The number of benzene rings is 1. The second kappa shape index (κ2) is 7.65. The van der Waals surface area contributed by atoms with Crippen molar-refractivity contribution in [1.29, 1.82) is 0 Å². The summed E-state index contributed by atoms with van der Waals surface area (Å²) in [5.41, 5.74) is -2.28. The molecule has 13 heteroatoms. The minimum Gasteiger partial charge on any atom is -0.343 e. The fourth-order valence-corrected chi connectivity index (χ4v) is 3.70. The van der Waals surface area contributed by atoms with Gasteiger partial charge in [-0.3, -0.25) is 4.79 Å². The first kappa shape index (κ1) is 21.7. The number of carbonyl (C=O) groups is 1. The summed E-state index contributed by atoms with van der Waals surface area (Å²) in [6.45, 7) is 0. The Bertz CT molecular complexity index is 937. The van der Waals surface area contributed by atoms with Gasteiger partial charge in [0.2, 0.25) is 0 Å². The average Bonchev–Trinajstić information content (AvgIpc) is 3.34. The molecule has 3 N–H and O–H groups in total. The van der Waals surface area contributed by atoms with Crippen LogP contribution in [-0.2, 0) is 7.05 Å². The summed E-state index contributed by atoms with van der Waals surface area (Å²) in [6, 6.07) is 1.19. The third kappa shape index (κ3) is 4.28. The van der Waals surface area contributed by atoms with Gasteiger partial charge in [-0.05, 0) is 12.8 Å². The molecule has 0 atom stereocenters. The van der Waals surface area contributed by atoms with Crippen LogP contribution in [-0.4, -0.2) is 22.2 Å². The first-order valence-electron chi connectivity index (χ1n) is 8.01. The van der Waals surface area contributed by atoms with E-state index in [1.807, 2.05) is 0 Å². The van der Waals surface area contributed by atoms with E-state index in [1.165, 1.54) is 17.8 Å². The second-order valence-corrected chi connectivity index (χ2v) is 7.40. The van der Waals surface area contributed by atoms with E-state index >= 15 is 0 Å². The van der Waals surface area contributed by atoms with Crippen LogP contribution in [0, 0.1) is 17.5 Å². The predicted octanol–water partition coefficient (Wildman–Crippen LogP) is 5.01. The number of hydrogen-bond acceptors (Lipinski definition) is 4. The van der Waals surface area contributed by atoms with Gasteiger partial charge in [0, 0.05) is 43.2 Å². The number of anilines is 2. The van der Waals surface area contributed by atoms with Crippen LogP contribution in [0.2, 0.25) is 5.02 Å². The summed E-state index contributed by atoms with van der Waals surface area (Å²) in [7, 11) is 1.44. The lowest BCUT2D eigenvalue weighted by Crippen LogP contribution is -2.41. The summed E-state index contributed by atoms with van der Waals surface area (Å²) in [4.78, 5) is 12.4. The van der Waals surface area contributed by atoms with Crippen molar-refractivity contribution < 1.29 is 31.1 Å². The van der Waals surface area contributed by atoms with Crippen LogP contribution in [0.25, 0.3) is 0 Å². The number of nitrogens with zero attached hydrogens (tertiary/aromatic N) is 1. The molecule has 1 heterocycles. The van der Waals surface area contributed by atoms with Crippen LogP contribution in [0.5, 0.6) is 0 Å². The Kier molecular flexibility index (Phi) is 5.71. The maximum Gasteiger partial charge on any atom is 0.407 e. The quantitative estimate of drug-likeness (QED) is 0.324. The van der Waals surface area contributed by atoms with Crippen molar-refractivity contribution in [3.8, 4) is 0 Å². The smallest absolute Gasteiger partial charge is 0.343 e. The van der Waals surface area contributed by atoms with E-state index in [0.717, 1.165) is 0 Å². The van der Waals surface area contributed by atoms with Crippen LogP contribution < -0.4 is 14.8 Å². The van der Waals surface area contributed by atoms with Crippen molar-refractivity contribution in [2.24, 2.45) is 7.05 Å². The summed E-state index contributed by atoms with van der Waals surface area (Å²) in [6.07, 6.45) is -3.14. The molecule has 2 aromatic rings. The van der Waals surface area contributed by atoms with E-state index in [9.17, 15) is 31.1 Å². The standard InChI is InChI=1S/C16H13ClF6N4OS/c1-27-6-10(25-29-26-15(2-3-15)16(21,22)23)11(17)13(27)14(28)24-7-4-8(18)12(20)9(19)5-7/h4-6,25-26H,2-3H2,1H3,(H,24,28). The van der Waals surface area contributed by atoms with E-state index in [0.29, 0.717) is 24.3 Å². The van der Waals surface area contributed by atoms with E-state index in [2.05, 4.69) is 14.8 Å². The van der Waals surface area contributed by atoms with Crippen LogP contribution in [0.1, 0.15) is 23.3 Å². The highest BCUT2D eigenvalue weighted by Gasteiger charge is 2.63. The molecular formula is C16H13ClF6N4OS. The third-order valence-corrected chi connectivity index (χ3v) is 5.47. The van der Waals surface area contributed by atoms with Crippen molar-refractivity contribution in [3.63, 3.8) is 0 Å². The van der Waals surface area contributed by atoms with E-state index in [-0.39, 0.29) is 34.9 Å². The molecule has 0 bridgehead atoms. The Morgan fingerprint density at radius 2 is 1.79 bits per heavy atom. The van der Waals surface area contributed by atoms with Crippen LogP contribution >= 0.6 is 23.7 Å². The predicted molar refractivity (Wildman–Crippen MR) is 97.1 cm³/mol. The molecule has 29 heavy (non-hydrogen) atoms. The topological polar surface area (TPSA) is 58.1 Å². The van der Waals surface area contributed by atoms with Gasteiger partial charge in [-0.2, -0.15) is 13.2 Å². The summed E-state index contributed by atoms with van der Waals surface area (Å²) in [5, 5.41) is 2.06. The number of nitrogens with one attached hydrogen (secondary N) is 3. The molecule has 1 aromatic carbocycles. The molecule has 0 spiro atoms. The zero-order valence-corrected chi connectivity index (χ0v) is 16.1. The number of halogens is 7. The first-order chi connectivity index (χ1) is 13.4. The molecule has 0 saturated heterocycles. The summed E-state index contributed by atoms with van der Waals surface area (Å²) in [5.74, 6) is -5.50. The van der Waals surface area contributed by atoms with Crippen LogP contribution in [0.4, 0.5) is 37.7 Å². The van der Waals surface area contributed by atoms with Gasteiger partial charge in [-0.15, -0.1) is 0 Å². The molecule has 0 unspecified atom stereocenters. The van der Waals surface area contributed by atoms with Gasteiger partial charge in [0.1, 0.15) is 11.2 Å². The highest BCUT2D eigenvalue weighted by Crippen LogP contribution is 2.50. The number of aryl methyl sites for hydroxylation is 1. The molecule has 1 aromatic heterocycles. The van der Waals surface area contributed by atoms with Gasteiger partial charge in [-0.1, -0.05) is 11.6 Å². The number of alkyl halides is 3. The monoisotopic (exact) mass is 458 g/mol. The highest BCUT2D eigenvalue weighted by atomic mass is 35.5. The lowest BCUT2D eigenvalue weighted by molar-refractivity contribution is -0.160. The summed E-state index contributed by atoms with van der Waals surface area (Å²) >= 11 is 6.69. The van der Waals surface area contributed by atoms with Gasteiger partial charge in [-0.25, -0.2) is 17.9 Å². The molecule has 1 aliphatic rings. The van der Waals surface area contributed by atoms with E-state index < -0.39 is 35.1 Å².